The molecule has 1 aromatic carbocycles. The summed E-state index contributed by atoms with van der Waals surface area (Å²) in [5, 5.41) is 11.9. The molecule has 0 fully saturated rings. The zero-order valence-corrected chi connectivity index (χ0v) is 15.5. The number of aliphatic hydroxyl groups excluding tert-OH is 1. The van der Waals surface area contributed by atoms with Crippen molar-refractivity contribution in [3.8, 4) is 5.75 Å². The lowest BCUT2D eigenvalue weighted by atomic mass is 10.0. The first-order valence-electron chi connectivity index (χ1n) is 8.58. The van der Waals surface area contributed by atoms with Crippen LogP contribution in [0.4, 0.5) is 4.79 Å². The van der Waals surface area contributed by atoms with Gasteiger partial charge in [-0.05, 0) is 64.2 Å². The fourth-order valence-electron chi connectivity index (χ4n) is 2.34. The van der Waals surface area contributed by atoms with Crippen LogP contribution in [0.3, 0.4) is 0 Å². The minimum absolute atomic E-state index is 0.00876. The Balaban J connectivity index is 2.63. The molecule has 2 N–H and O–H groups in total. The van der Waals surface area contributed by atoms with Gasteiger partial charge in [0.05, 0.1) is 6.61 Å². The lowest BCUT2D eigenvalue weighted by molar-refractivity contribution is 0.0500. The number of amides is 1. The van der Waals surface area contributed by atoms with Crippen LogP contribution in [0.25, 0.3) is 0 Å². The van der Waals surface area contributed by atoms with E-state index in [1.165, 1.54) is 0 Å². The Kier molecular flexibility index (Phi) is 8.05. The van der Waals surface area contributed by atoms with Crippen molar-refractivity contribution in [1.82, 2.24) is 5.32 Å². The first-order chi connectivity index (χ1) is 11.2. The van der Waals surface area contributed by atoms with Gasteiger partial charge in [0, 0.05) is 6.04 Å². The molecule has 0 heterocycles. The van der Waals surface area contributed by atoms with Gasteiger partial charge in [-0.2, -0.15) is 0 Å². The van der Waals surface area contributed by atoms with Crippen molar-refractivity contribution in [3.63, 3.8) is 0 Å². The highest BCUT2D eigenvalue weighted by Gasteiger charge is 2.19. The maximum atomic E-state index is 11.9. The van der Waals surface area contributed by atoms with Gasteiger partial charge in [-0.3, -0.25) is 0 Å². The van der Waals surface area contributed by atoms with Gasteiger partial charge in [-0.25, -0.2) is 4.79 Å². The van der Waals surface area contributed by atoms with E-state index in [0.29, 0.717) is 0 Å². The number of alkyl carbamates (subject to hydrolysis) is 1. The van der Waals surface area contributed by atoms with E-state index in [2.05, 4.69) is 5.32 Å². The van der Waals surface area contributed by atoms with Crippen LogP contribution in [0.2, 0.25) is 0 Å². The van der Waals surface area contributed by atoms with E-state index in [1.54, 1.807) is 0 Å². The molecule has 1 aromatic rings. The minimum atomic E-state index is -0.495. The average molecular weight is 337 g/mol. The van der Waals surface area contributed by atoms with Crippen molar-refractivity contribution >= 4 is 6.09 Å². The Morgan fingerprint density at radius 2 is 2.04 bits per heavy atom. The van der Waals surface area contributed by atoms with Crippen molar-refractivity contribution in [2.45, 2.75) is 65.5 Å². The van der Waals surface area contributed by atoms with E-state index in [0.717, 1.165) is 36.1 Å². The van der Waals surface area contributed by atoms with Crippen molar-refractivity contribution < 1.29 is 19.4 Å². The molecule has 0 radical (unpaired) electrons. The fourth-order valence-corrected chi connectivity index (χ4v) is 2.34. The highest BCUT2D eigenvalue weighted by atomic mass is 16.6. The van der Waals surface area contributed by atoms with Crippen molar-refractivity contribution in [2.75, 3.05) is 13.2 Å². The zero-order chi connectivity index (χ0) is 18.2. The summed E-state index contributed by atoms with van der Waals surface area (Å²) >= 11 is 0. The number of aryl methyl sites for hydroxylation is 2. The van der Waals surface area contributed by atoms with E-state index < -0.39 is 5.60 Å². The minimum Gasteiger partial charge on any atom is -0.491 e. The van der Waals surface area contributed by atoms with Crippen LogP contribution in [-0.4, -0.2) is 36.1 Å². The van der Waals surface area contributed by atoms with Crippen LogP contribution in [0.15, 0.2) is 18.2 Å². The van der Waals surface area contributed by atoms with E-state index in [1.807, 2.05) is 52.8 Å². The zero-order valence-electron chi connectivity index (χ0n) is 15.5. The van der Waals surface area contributed by atoms with Crippen molar-refractivity contribution in [2.24, 2.45) is 0 Å². The predicted octanol–water partition coefficient (Wildman–Crippen LogP) is 3.60. The Morgan fingerprint density at radius 1 is 1.33 bits per heavy atom. The van der Waals surface area contributed by atoms with Gasteiger partial charge in [0.1, 0.15) is 18.0 Å². The molecule has 24 heavy (non-hydrogen) atoms. The number of carbonyl (C=O) groups excluding carboxylic acids is 1. The largest absolute Gasteiger partial charge is 0.491 e. The summed E-state index contributed by atoms with van der Waals surface area (Å²) in [7, 11) is 0. The summed E-state index contributed by atoms with van der Waals surface area (Å²) in [6.45, 7) is 9.88. The number of hydrogen-bond donors (Lipinski definition) is 2. The second-order valence-electron chi connectivity index (χ2n) is 6.97. The molecule has 136 valence electrons. The van der Waals surface area contributed by atoms with Crippen LogP contribution in [0.1, 0.15) is 51.7 Å². The Bertz CT molecular complexity index is 523. The van der Waals surface area contributed by atoms with Crippen LogP contribution in [-0.2, 0) is 11.2 Å². The molecule has 5 heteroatoms. The van der Waals surface area contributed by atoms with Gasteiger partial charge >= 0.3 is 6.09 Å². The maximum Gasteiger partial charge on any atom is 0.407 e. The van der Waals surface area contributed by atoms with Crippen LogP contribution >= 0.6 is 0 Å². The van der Waals surface area contributed by atoms with E-state index in [-0.39, 0.29) is 25.3 Å². The molecule has 0 aromatic heterocycles. The topological polar surface area (TPSA) is 67.8 Å². The SMILES string of the molecule is CC[C@@H](CCc1ccc(C)cc1OCCO)NC(=O)OC(C)(C)C. The summed E-state index contributed by atoms with van der Waals surface area (Å²) in [5.41, 5.74) is 1.70. The van der Waals surface area contributed by atoms with Gasteiger partial charge in [0.25, 0.3) is 0 Å². The molecule has 5 nitrogen and oxygen atoms in total. The number of ether oxygens (including phenoxy) is 2. The molecule has 0 saturated heterocycles. The molecule has 0 aliphatic rings. The summed E-state index contributed by atoms with van der Waals surface area (Å²) in [5.74, 6) is 0.802. The number of hydrogen-bond acceptors (Lipinski definition) is 4. The second kappa shape index (κ2) is 9.52. The molecule has 1 rings (SSSR count). The molecule has 0 unspecified atom stereocenters. The van der Waals surface area contributed by atoms with Crippen molar-refractivity contribution in [1.29, 1.82) is 0 Å². The van der Waals surface area contributed by atoms with Crippen LogP contribution in [0, 0.1) is 6.92 Å². The number of aliphatic hydroxyl groups is 1. The smallest absolute Gasteiger partial charge is 0.407 e. The standard InChI is InChI=1S/C19H31NO4/c1-6-16(20-18(22)24-19(3,4)5)10-9-15-8-7-14(2)13-17(15)23-12-11-21/h7-8,13,16,21H,6,9-12H2,1-5H3,(H,20,22)/t16-/m0/s1. The highest BCUT2D eigenvalue weighted by Crippen LogP contribution is 2.22. The van der Waals surface area contributed by atoms with Crippen molar-refractivity contribution in [3.05, 3.63) is 29.3 Å². The molecular weight excluding hydrogens is 306 g/mol. The summed E-state index contributed by atoms with van der Waals surface area (Å²) < 4.78 is 10.9. The summed E-state index contributed by atoms with van der Waals surface area (Å²) in [4.78, 5) is 11.9. The van der Waals surface area contributed by atoms with Gasteiger partial charge in [0.15, 0.2) is 0 Å². The number of benzene rings is 1. The quantitative estimate of drug-likeness (QED) is 0.760. The molecule has 1 atom stereocenters. The highest BCUT2D eigenvalue weighted by molar-refractivity contribution is 5.68. The molecule has 0 bridgehead atoms. The normalized spacial score (nSPS) is 12.6. The average Bonchev–Trinajstić information content (AvgIpc) is 2.48. The Labute approximate surface area is 145 Å². The molecule has 1 amide bonds. The van der Waals surface area contributed by atoms with Gasteiger partial charge in [-0.15, -0.1) is 0 Å². The molecule has 0 saturated carbocycles. The van der Waals surface area contributed by atoms with E-state index >= 15 is 0 Å². The monoisotopic (exact) mass is 337 g/mol. The maximum absolute atomic E-state index is 11.9. The van der Waals surface area contributed by atoms with Gasteiger partial charge < -0.3 is 19.9 Å². The van der Waals surface area contributed by atoms with Gasteiger partial charge in [0.2, 0.25) is 0 Å². The number of rotatable bonds is 8. The second-order valence-corrected chi connectivity index (χ2v) is 6.97. The number of nitrogens with one attached hydrogen (secondary N) is 1. The fraction of sp³-hybridized carbons (Fsp3) is 0.632. The number of carbonyl (C=O) groups is 1. The summed E-state index contributed by atoms with van der Waals surface area (Å²) in [6, 6.07) is 6.12. The third-order valence-corrected chi connectivity index (χ3v) is 3.55. The third kappa shape index (κ3) is 7.68. The van der Waals surface area contributed by atoms with Crippen LogP contribution in [0.5, 0.6) is 5.75 Å². The first-order valence-corrected chi connectivity index (χ1v) is 8.58. The van der Waals surface area contributed by atoms with Gasteiger partial charge in [-0.1, -0.05) is 19.1 Å². The Hall–Kier alpha value is -1.75. The Morgan fingerprint density at radius 3 is 2.62 bits per heavy atom. The van der Waals surface area contributed by atoms with E-state index in [9.17, 15) is 4.79 Å². The van der Waals surface area contributed by atoms with Crippen LogP contribution < -0.4 is 10.1 Å². The first kappa shape index (κ1) is 20.3. The summed E-state index contributed by atoms with van der Waals surface area (Å²) in [6.07, 6.45) is 2.04. The molecule has 0 aliphatic heterocycles. The molecule has 0 spiro atoms. The molecular formula is C19H31NO4. The lowest BCUT2D eigenvalue weighted by Gasteiger charge is -2.23. The third-order valence-electron chi connectivity index (χ3n) is 3.55. The lowest BCUT2D eigenvalue weighted by Crippen LogP contribution is -2.39. The molecule has 0 aliphatic carbocycles. The van der Waals surface area contributed by atoms with E-state index in [4.69, 9.17) is 14.6 Å². The predicted molar refractivity (Wildman–Crippen MR) is 95.5 cm³/mol.